The third-order valence-electron chi connectivity index (χ3n) is 7.89. The average Bonchev–Trinajstić information content (AvgIpc) is 3.08. The van der Waals surface area contributed by atoms with Crippen molar-refractivity contribution in [2.75, 3.05) is 31.7 Å². The number of para-hydroxylation sites is 1. The van der Waals surface area contributed by atoms with Gasteiger partial charge in [0.25, 0.3) is 5.91 Å². The first-order valence-electron chi connectivity index (χ1n) is 15.2. The van der Waals surface area contributed by atoms with E-state index in [2.05, 4.69) is 16.4 Å². The second kappa shape index (κ2) is 15.4. The molecule has 1 aromatic heterocycles. The first-order valence-corrected chi connectivity index (χ1v) is 15.2. The Morgan fingerprint density at radius 2 is 1.67 bits per heavy atom. The van der Waals surface area contributed by atoms with Gasteiger partial charge in [-0.15, -0.1) is 0 Å². The van der Waals surface area contributed by atoms with E-state index in [1.807, 2.05) is 79.7 Å². The highest BCUT2D eigenvalue weighted by Crippen LogP contribution is 2.35. The summed E-state index contributed by atoms with van der Waals surface area (Å²) in [7, 11) is 1.26. The standard InChI is InChI=1S/C36H40N4O5/c1-25-34(17-10-20-39-25)44-24-29-23-38-22-28(45-29)19-18-27-13-6-7-14-30(27)31-15-8-9-16-33(31)40(36(42)43-2)35(41)32(37)21-26-11-4-3-5-12-26/h3-17,20,28-29,32,38H,18-19,21-24,37H2,1-2H3/t28-,29+,32+/m1/s1. The van der Waals surface area contributed by atoms with Crippen LogP contribution >= 0.6 is 0 Å². The number of imide groups is 1. The lowest BCUT2D eigenvalue weighted by molar-refractivity contribution is -0.119. The Bertz CT molecular complexity index is 1580. The maximum Gasteiger partial charge on any atom is 0.421 e. The van der Waals surface area contributed by atoms with Crippen molar-refractivity contribution in [1.29, 1.82) is 0 Å². The fraction of sp³-hybridized carbons (Fsp3) is 0.306. The Morgan fingerprint density at radius 3 is 2.44 bits per heavy atom. The highest BCUT2D eigenvalue weighted by molar-refractivity contribution is 6.16. The van der Waals surface area contributed by atoms with Crippen molar-refractivity contribution in [2.24, 2.45) is 5.73 Å². The number of amides is 2. The summed E-state index contributed by atoms with van der Waals surface area (Å²) in [4.78, 5) is 32.1. The number of aryl methyl sites for hydroxylation is 2. The first-order chi connectivity index (χ1) is 21.9. The summed E-state index contributed by atoms with van der Waals surface area (Å²) in [6.07, 6.45) is 2.66. The summed E-state index contributed by atoms with van der Waals surface area (Å²) in [5, 5.41) is 3.47. The molecule has 4 aromatic rings. The van der Waals surface area contributed by atoms with Crippen molar-refractivity contribution < 1.29 is 23.8 Å². The minimum Gasteiger partial charge on any atom is -0.489 e. The number of carbonyl (C=O) groups is 2. The second-order valence-electron chi connectivity index (χ2n) is 11.1. The van der Waals surface area contributed by atoms with Gasteiger partial charge in [0.1, 0.15) is 18.5 Å². The second-order valence-corrected chi connectivity index (χ2v) is 11.1. The highest BCUT2D eigenvalue weighted by Gasteiger charge is 2.31. The number of nitrogens with one attached hydrogen (secondary N) is 1. The van der Waals surface area contributed by atoms with E-state index < -0.39 is 18.0 Å². The van der Waals surface area contributed by atoms with Crippen LogP contribution in [0.1, 0.15) is 23.2 Å². The summed E-state index contributed by atoms with van der Waals surface area (Å²) in [5.74, 6) is 0.225. The van der Waals surface area contributed by atoms with Crippen LogP contribution in [0.15, 0.2) is 97.2 Å². The van der Waals surface area contributed by atoms with Gasteiger partial charge in [-0.25, -0.2) is 9.69 Å². The van der Waals surface area contributed by atoms with Crippen LogP contribution in [-0.4, -0.2) is 62.0 Å². The molecule has 0 radical (unpaired) electrons. The number of carbonyl (C=O) groups excluding carboxylic acids is 2. The molecule has 0 saturated carbocycles. The lowest BCUT2D eigenvalue weighted by atomic mass is 9.93. The number of benzene rings is 3. The van der Waals surface area contributed by atoms with E-state index in [4.69, 9.17) is 19.9 Å². The normalized spacial score (nSPS) is 16.9. The van der Waals surface area contributed by atoms with Crippen molar-refractivity contribution in [3.63, 3.8) is 0 Å². The molecule has 5 rings (SSSR count). The lowest BCUT2D eigenvalue weighted by Crippen LogP contribution is -2.48. The fourth-order valence-corrected chi connectivity index (χ4v) is 5.58. The number of rotatable bonds is 11. The fourth-order valence-electron chi connectivity index (χ4n) is 5.58. The number of hydrogen-bond donors (Lipinski definition) is 2. The minimum absolute atomic E-state index is 0.00484. The van der Waals surface area contributed by atoms with E-state index in [9.17, 15) is 9.59 Å². The molecule has 3 atom stereocenters. The van der Waals surface area contributed by atoms with Crippen molar-refractivity contribution in [1.82, 2.24) is 10.3 Å². The van der Waals surface area contributed by atoms with Gasteiger partial charge in [-0.3, -0.25) is 9.78 Å². The predicted molar refractivity (Wildman–Crippen MR) is 174 cm³/mol. The molecule has 2 amide bonds. The molecular weight excluding hydrogens is 568 g/mol. The predicted octanol–water partition coefficient (Wildman–Crippen LogP) is 5.10. The number of hydrogen-bond acceptors (Lipinski definition) is 8. The van der Waals surface area contributed by atoms with Crippen LogP contribution in [0.5, 0.6) is 5.75 Å². The molecule has 3 aromatic carbocycles. The van der Waals surface area contributed by atoms with Gasteiger partial charge in [0.2, 0.25) is 0 Å². The van der Waals surface area contributed by atoms with Gasteiger partial charge in [-0.2, -0.15) is 0 Å². The molecule has 234 valence electrons. The van der Waals surface area contributed by atoms with E-state index in [-0.39, 0.29) is 18.6 Å². The van der Waals surface area contributed by atoms with Crippen LogP contribution in [0.25, 0.3) is 11.1 Å². The van der Waals surface area contributed by atoms with Crippen LogP contribution in [0.4, 0.5) is 10.5 Å². The number of morpholine rings is 1. The Hall–Kier alpha value is -4.57. The molecule has 1 aliphatic heterocycles. The molecule has 0 unspecified atom stereocenters. The zero-order valence-corrected chi connectivity index (χ0v) is 25.7. The maximum atomic E-state index is 13.7. The third-order valence-corrected chi connectivity index (χ3v) is 7.89. The topological polar surface area (TPSA) is 116 Å². The van der Waals surface area contributed by atoms with E-state index in [0.717, 1.165) is 58.0 Å². The molecule has 3 N–H and O–H groups in total. The van der Waals surface area contributed by atoms with Gasteiger partial charge >= 0.3 is 6.09 Å². The van der Waals surface area contributed by atoms with Crippen LogP contribution in [0.3, 0.4) is 0 Å². The minimum atomic E-state index is -0.940. The smallest absolute Gasteiger partial charge is 0.421 e. The summed E-state index contributed by atoms with van der Waals surface area (Å²) >= 11 is 0. The molecule has 1 saturated heterocycles. The Kier molecular flexibility index (Phi) is 10.9. The Labute approximate surface area is 264 Å². The maximum absolute atomic E-state index is 13.7. The summed E-state index contributed by atoms with van der Waals surface area (Å²) in [6, 6.07) is 27.7. The number of anilines is 1. The zero-order valence-electron chi connectivity index (χ0n) is 25.7. The van der Waals surface area contributed by atoms with Gasteiger partial charge in [0.05, 0.1) is 30.6 Å². The van der Waals surface area contributed by atoms with E-state index >= 15 is 0 Å². The molecule has 45 heavy (non-hydrogen) atoms. The number of methoxy groups -OCH3 is 1. The van der Waals surface area contributed by atoms with Crippen LogP contribution < -0.4 is 20.7 Å². The monoisotopic (exact) mass is 608 g/mol. The van der Waals surface area contributed by atoms with Gasteiger partial charge in [0.15, 0.2) is 0 Å². The van der Waals surface area contributed by atoms with Crippen LogP contribution in [-0.2, 0) is 27.1 Å². The lowest BCUT2D eigenvalue weighted by Gasteiger charge is -2.31. The van der Waals surface area contributed by atoms with Crippen molar-refractivity contribution >= 4 is 17.7 Å². The molecule has 0 bridgehead atoms. The van der Waals surface area contributed by atoms with E-state index in [0.29, 0.717) is 18.8 Å². The Balaban J connectivity index is 1.31. The number of aromatic nitrogens is 1. The molecule has 2 heterocycles. The molecule has 9 nitrogen and oxygen atoms in total. The number of ether oxygens (including phenoxy) is 3. The molecule has 1 fully saturated rings. The average molecular weight is 609 g/mol. The molecular formula is C36H40N4O5. The number of nitrogens with two attached hydrogens (primary N) is 1. The summed E-state index contributed by atoms with van der Waals surface area (Å²) in [5.41, 5.74) is 11.3. The van der Waals surface area contributed by atoms with Gasteiger partial charge in [0, 0.05) is 24.8 Å². The zero-order chi connectivity index (χ0) is 31.6. The van der Waals surface area contributed by atoms with Crippen LogP contribution in [0.2, 0.25) is 0 Å². The van der Waals surface area contributed by atoms with E-state index in [1.54, 1.807) is 18.3 Å². The SMILES string of the molecule is COC(=O)N(C(=O)[C@@H](N)Cc1ccccc1)c1ccccc1-c1ccccc1CC[C@@H]1CNC[C@@H](COc2cccnc2C)O1. The van der Waals surface area contributed by atoms with Crippen LogP contribution in [0, 0.1) is 6.92 Å². The van der Waals surface area contributed by atoms with Crippen molar-refractivity contribution in [3.8, 4) is 16.9 Å². The molecule has 9 heteroatoms. The first kappa shape index (κ1) is 31.8. The highest BCUT2D eigenvalue weighted by atomic mass is 16.5. The molecule has 1 aliphatic rings. The Morgan fingerprint density at radius 1 is 0.956 bits per heavy atom. The van der Waals surface area contributed by atoms with Gasteiger partial charge in [-0.05, 0) is 61.1 Å². The van der Waals surface area contributed by atoms with E-state index in [1.165, 1.54) is 7.11 Å². The van der Waals surface area contributed by atoms with Gasteiger partial charge < -0.3 is 25.3 Å². The molecule has 0 aliphatic carbocycles. The number of pyridine rings is 1. The summed E-state index contributed by atoms with van der Waals surface area (Å²) < 4.78 is 17.5. The van der Waals surface area contributed by atoms with Crippen molar-refractivity contribution in [2.45, 2.75) is 44.4 Å². The van der Waals surface area contributed by atoms with Crippen molar-refractivity contribution in [3.05, 3.63) is 114 Å². The number of nitrogens with zero attached hydrogens (tertiary/aromatic N) is 2. The quantitative estimate of drug-likeness (QED) is 0.242. The van der Waals surface area contributed by atoms with Gasteiger partial charge in [-0.1, -0.05) is 72.8 Å². The third kappa shape index (κ3) is 8.13. The molecule has 0 spiro atoms. The largest absolute Gasteiger partial charge is 0.489 e. The summed E-state index contributed by atoms with van der Waals surface area (Å²) in [6.45, 7) is 3.81.